The van der Waals surface area contributed by atoms with Crippen LogP contribution in [-0.2, 0) is 0 Å². The van der Waals surface area contributed by atoms with Crippen molar-refractivity contribution in [3.63, 3.8) is 0 Å². The van der Waals surface area contributed by atoms with E-state index in [4.69, 9.17) is 29.9 Å². The van der Waals surface area contributed by atoms with Crippen molar-refractivity contribution in [2.75, 3.05) is 0 Å². The van der Waals surface area contributed by atoms with Gasteiger partial charge in [0.2, 0.25) is 0 Å². The van der Waals surface area contributed by atoms with Crippen LogP contribution in [0.1, 0.15) is 0 Å². The van der Waals surface area contributed by atoms with Crippen LogP contribution in [0.4, 0.5) is 0 Å². The van der Waals surface area contributed by atoms with Crippen LogP contribution in [0.3, 0.4) is 0 Å². The fourth-order valence-electron chi connectivity index (χ4n) is 9.59. The molecule has 0 atom stereocenters. The molecule has 0 radical (unpaired) electrons. The summed E-state index contributed by atoms with van der Waals surface area (Å²) < 4.78 is 0. The van der Waals surface area contributed by atoms with E-state index >= 15 is 0 Å². The molecule has 0 aliphatic heterocycles. The van der Waals surface area contributed by atoms with Crippen LogP contribution >= 0.6 is 0 Å². The van der Waals surface area contributed by atoms with Gasteiger partial charge in [0.25, 0.3) is 0 Å². The molecular formula is C58H32N10. The lowest BCUT2D eigenvalue weighted by atomic mass is 9.89. The fourth-order valence-corrected chi connectivity index (χ4v) is 9.59. The summed E-state index contributed by atoms with van der Waals surface area (Å²) in [6.45, 7) is 0. The van der Waals surface area contributed by atoms with E-state index in [1.807, 2.05) is 49.1 Å². The molecule has 6 aromatic heterocycles. The molecule has 0 N–H and O–H groups in total. The number of aromatic nitrogens is 10. The molecule has 0 aliphatic rings. The van der Waals surface area contributed by atoms with Crippen molar-refractivity contribution in [1.29, 1.82) is 0 Å². The van der Waals surface area contributed by atoms with Gasteiger partial charge in [-0.15, -0.1) is 0 Å². The molecule has 10 nitrogen and oxygen atoms in total. The van der Waals surface area contributed by atoms with Crippen LogP contribution in [0.25, 0.3) is 144 Å². The molecule has 314 valence electrons. The number of nitrogens with zero attached hydrogens (tertiary/aromatic N) is 10. The minimum Gasteiger partial charge on any atom is -0.264 e. The Kier molecular flexibility index (Phi) is 8.34. The molecule has 68 heavy (non-hydrogen) atoms. The Morgan fingerprint density at radius 3 is 0.824 bits per heavy atom. The molecule has 0 spiro atoms. The maximum atomic E-state index is 5.25. The standard InChI is InChI=1S/C58H32N10/c1-5-43-29-59-21-17-35(43)25-39(1)53-63-54(40-2-6-44-30-60-22-18-36(44)26-40)66-57(65-53)49-15-11-33-10-14-48-50(16-12-34-9-13-47(49)51(33)52(34)48)58-67-55(41-3-7-45-31-61-23-19-37(45)27-41)64-56(68-58)42-4-8-46-32-62-24-20-38(46)28-42/h1-32H. The van der Waals surface area contributed by atoms with E-state index < -0.39 is 0 Å². The van der Waals surface area contributed by atoms with Crippen molar-refractivity contribution in [3.8, 4) is 68.3 Å². The fraction of sp³-hybridized carbons (Fsp3) is 0. The molecule has 0 saturated carbocycles. The highest BCUT2D eigenvalue weighted by Gasteiger charge is 2.21. The second kappa shape index (κ2) is 15.0. The van der Waals surface area contributed by atoms with Gasteiger partial charge in [-0.2, -0.15) is 0 Å². The maximum Gasteiger partial charge on any atom is 0.164 e. The normalized spacial score (nSPS) is 11.8. The average molecular weight is 869 g/mol. The second-order valence-electron chi connectivity index (χ2n) is 17.0. The van der Waals surface area contributed by atoms with Crippen molar-refractivity contribution in [3.05, 3.63) is 195 Å². The van der Waals surface area contributed by atoms with Crippen molar-refractivity contribution >= 4 is 75.4 Å². The van der Waals surface area contributed by atoms with E-state index in [9.17, 15) is 0 Å². The van der Waals surface area contributed by atoms with Gasteiger partial charge in [0.15, 0.2) is 34.9 Å². The van der Waals surface area contributed by atoms with Gasteiger partial charge in [-0.3, -0.25) is 19.9 Å². The number of fused-ring (bicyclic) bond motifs is 4. The zero-order chi connectivity index (χ0) is 44.7. The molecule has 0 aliphatic carbocycles. The van der Waals surface area contributed by atoms with E-state index in [1.165, 1.54) is 0 Å². The molecule has 0 bridgehead atoms. The van der Waals surface area contributed by atoms with Crippen molar-refractivity contribution in [2.24, 2.45) is 0 Å². The first-order valence-electron chi connectivity index (χ1n) is 22.2. The monoisotopic (exact) mass is 868 g/mol. The van der Waals surface area contributed by atoms with Crippen molar-refractivity contribution in [2.45, 2.75) is 0 Å². The first-order chi connectivity index (χ1) is 33.6. The first kappa shape index (κ1) is 37.8. The Labute approximate surface area is 387 Å². The van der Waals surface area contributed by atoms with Gasteiger partial charge < -0.3 is 0 Å². The molecular weight excluding hydrogens is 837 g/mol. The molecule has 0 saturated heterocycles. The third-order valence-corrected chi connectivity index (χ3v) is 13.0. The largest absolute Gasteiger partial charge is 0.264 e. The lowest BCUT2D eigenvalue weighted by molar-refractivity contribution is 1.08. The third kappa shape index (κ3) is 6.27. The number of benzene rings is 8. The first-order valence-corrected chi connectivity index (χ1v) is 22.2. The zero-order valence-electron chi connectivity index (χ0n) is 35.9. The van der Waals surface area contributed by atoms with Gasteiger partial charge in [0, 0.05) is 105 Å². The van der Waals surface area contributed by atoms with Crippen LogP contribution in [0, 0.1) is 0 Å². The molecule has 10 heteroatoms. The van der Waals surface area contributed by atoms with Gasteiger partial charge in [-0.25, -0.2) is 29.9 Å². The summed E-state index contributed by atoms with van der Waals surface area (Å²) in [5, 5.41) is 14.9. The zero-order valence-corrected chi connectivity index (χ0v) is 35.9. The van der Waals surface area contributed by atoms with E-state index in [1.54, 1.807) is 24.8 Å². The molecule has 8 aromatic carbocycles. The number of hydrogen-bond acceptors (Lipinski definition) is 10. The number of pyridine rings is 4. The van der Waals surface area contributed by atoms with Crippen LogP contribution in [0.5, 0.6) is 0 Å². The van der Waals surface area contributed by atoms with Gasteiger partial charge in [0.1, 0.15) is 0 Å². The Bertz CT molecular complexity index is 3890. The van der Waals surface area contributed by atoms with Gasteiger partial charge in [-0.05, 0) is 115 Å². The number of rotatable bonds is 6. The minimum absolute atomic E-state index is 0.580. The predicted molar refractivity (Wildman–Crippen MR) is 271 cm³/mol. The summed E-state index contributed by atoms with van der Waals surface area (Å²) >= 11 is 0. The second-order valence-corrected chi connectivity index (χ2v) is 17.0. The van der Waals surface area contributed by atoms with Crippen LogP contribution in [0.15, 0.2) is 195 Å². The summed E-state index contributed by atoms with van der Waals surface area (Å²) in [4.78, 5) is 48.6. The maximum absolute atomic E-state index is 5.25. The Hall–Kier alpha value is -9.54. The highest BCUT2D eigenvalue weighted by molar-refractivity contribution is 6.27. The van der Waals surface area contributed by atoms with Gasteiger partial charge in [-0.1, -0.05) is 84.9 Å². The Morgan fingerprint density at radius 2 is 0.500 bits per heavy atom. The third-order valence-electron chi connectivity index (χ3n) is 13.0. The molecule has 0 amide bonds. The molecule has 14 aromatic rings. The van der Waals surface area contributed by atoms with Crippen LogP contribution < -0.4 is 0 Å². The molecule has 6 heterocycles. The lowest BCUT2D eigenvalue weighted by Gasteiger charge is -2.17. The van der Waals surface area contributed by atoms with E-state index in [-0.39, 0.29) is 0 Å². The average Bonchev–Trinajstić information content (AvgIpc) is 3.41. The van der Waals surface area contributed by atoms with Crippen molar-refractivity contribution in [1.82, 2.24) is 49.8 Å². The van der Waals surface area contributed by atoms with E-state index in [0.29, 0.717) is 34.9 Å². The van der Waals surface area contributed by atoms with E-state index in [0.717, 1.165) is 109 Å². The smallest absolute Gasteiger partial charge is 0.164 e. The van der Waals surface area contributed by atoms with Gasteiger partial charge in [0.05, 0.1) is 0 Å². The van der Waals surface area contributed by atoms with Crippen LogP contribution in [0.2, 0.25) is 0 Å². The van der Waals surface area contributed by atoms with Crippen molar-refractivity contribution < 1.29 is 0 Å². The summed E-state index contributed by atoms with van der Waals surface area (Å²) in [5.74, 6) is 3.49. The minimum atomic E-state index is 0.580. The number of hydrogen-bond donors (Lipinski definition) is 0. The molecule has 14 rings (SSSR count). The Balaban J connectivity index is 0.972. The summed E-state index contributed by atoms with van der Waals surface area (Å²) in [6, 6.07) is 50.3. The summed E-state index contributed by atoms with van der Waals surface area (Å²) in [5.41, 5.74) is 5.36. The van der Waals surface area contributed by atoms with Gasteiger partial charge >= 0.3 is 0 Å². The summed E-state index contributed by atoms with van der Waals surface area (Å²) in [7, 11) is 0. The highest BCUT2D eigenvalue weighted by Crippen LogP contribution is 2.42. The van der Waals surface area contributed by atoms with Crippen LogP contribution in [-0.4, -0.2) is 49.8 Å². The topological polar surface area (TPSA) is 129 Å². The van der Waals surface area contributed by atoms with E-state index in [2.05, 4.69) is 141 Å². The summed E-state index contributed by atoms with van der Waals surface area (Å²) in [6.07, 6.45) is 14.7. The lowest BCUT2D eigenvalue weighted by Crippen LogP contribution is -2.01. The predicted octanol–water partition coefficient (Wildman–Crippen LogP) is 13.1. The molecule has 0 unspecified atom stereocenters. The SMILES string of the molecule is c1cc2cc(-c3nc(-c4ccc5cnccc5c4)nc(-c4ccc5ccc6c(-c7nc(-c8ccc9cnccc9c8)nc(-c8ccc9cnccc9c8)n7)ccc7ccc4c5c76)n3)ccc2cn1. The highest BCUT2D eigenvalue weighted by atomic mass is 15.0. The quantitative estimate of drug-likeness (QED) is 0.149. The Morgan fingerprint density at radius 1 is 0.221 bits per heavy atom. The molecule has 0 fully saturated rings.